The Morgan fingerprint density at radius 1 is 0.903 bits per heavy atom. The minimum absolute atomic E-state index is 0.169. The van der Waals surface area contributed by atoms with Crippen molar-refractivity contribution in [3.05, 3.63) is 99.0 Å². The van der Waals surface area contributed by atoms with Gasteiger partial charge in [0.25, 0.3) is 5.91 Å². The van der Waals surface area contributed by atoms with Gasteiger partial charge in [0.1, 0.15) is 0 Å². The number of rotatable bonds is 6. The van der Waals surface area contributed by atoms with Crippen LogP contribution >= 0.6 is 27.5 Å². The maximum atomic E-state index is 12.6. The average molecular weight is 499 g/mol. The number of hydrogen-bond donors (Lipinski definition) is 1. The second kappa shape index (κ2) is 10.3. The summed E-state index contributed by atoms with van der Waals surface area (Å²) in [6, 6.07) is 24.2. The molecule has 1 amide bonds. The van der Waals surface area contributed by atoms with Gasteiger partial charge in [0.2, 0.25) is 0 Å². The van der Waals surface area contributed by atoms with Gasteiger partial charge in [0.05, 0.1) is 10.6 Å². The minimum Gasteiger partial charge on any atom is -0.369 e. The molecular formula is C25H25BrClN3O. The lowest BCUT2D eigenvalue weighted by Gasteiger charge is -2.36. The number of piperazine rings is 1. The van der Waals surface area contributed by atoms with Crippen LogP contribution in [0.25, 0.3) is 0 Å². The Kier molecular flexibility index (Phi) is 7.28. The molecule has 0 unspecified atom stereocenters. The second-order valence-corrected chi connectivity index (χ2v) is 9.00. The van der Waals surface area contributed by atoms with Gasteiger partial charge in [-0.2, -0.15) is 0 Å². The van der Waals surface area contributed by atoms with Gasteiger partial charge in [-0.3, -0.25) is 9.69 Å². The van der Waals surface area contributed by atoms with E-state index in [0.717, 1.165) is 42.8 Å². The van der Waals surface area contributed by atoms with Crippen molar-refractivity contribution in [2.75, 3.05) is 31.1 Å². The quantitative estimate of drug-likeness (QED) is 0.497. The van der Waals surface area contributed by atoms with Crippen LogP contribution in [0.5, 0.6) is 0 Å². The van der Waals surface area contributed by atoms with Crippen LogP contribution in [0.15, 0.2) is 77.3 Å². The molecule has 0 radical (unpaired) electrons. The lowest BCUT2D eigenvalue weighted by molar-refractivity contribution is 0.0951. The van der Waals surface area contributed by atoms with Gasteiger partial charge in [-0.15, -0.1) is 0 Å². The molecule has 1 N–H and O–H groups in total. The zero-order valence-electron chi connectivity index (χ0n) is 17.2. The third kappa shape index (κ3) is 5.67. The number of anilines is 1. The molecule has 1 heterocycles. The summed E-state index contributed by atoms with van der Waals surface area (Å²) >= 11 is 9.60. The molecular weight excluding hydrogens is 474 g/mol. The largest absolute Gasteiger partial charge is 0.369 e. The Morgan fingerprint density at radius 3 is 2.32 bits per heavy atom. The molecule has 1 aliphatic heterocycles. The standard InChI is InChI=1S/C25H25BrClN3O/c26-21-10-11-24(27)23(16-21)25(31)28-17-19-6-4-5-7-20(19)18-29-12-14-30(15-13-29)22-8-2-1-3-9-22/h1-11,16H,12-15,17-18H2,(H,28,31). The van der Waals surface area contributed by atoms with E-state index in [1.54, 1.807) is 12.1 Å². The van der Waals surface area contributed by atoms with E-state index >= 15 is 0 Å². The first kappa shape index (κ1) is 21.9. The molecule has 0 bridgehead atoms. The van der Waals surface area contributed by atoms with Crippen molar-refractivity contribution in [2.45, 2.75) is 13.1 Å². The molecule has 0 spiro atoms. The van der Waals surface area contributed by atoms with Crippen molar-refractivity contribution in [3.8, 4) is 0 Å². The minimum atomic E-state index is -0.169. The van der Waals surface area contributed by atoms with Gasteiger partial charge in [-0.1, -0.05) is 70.0 Å². The summed E-state index contributed by atoms with van der Waals surface area (Å²) in [4.78, 5) is 17.5. The van der Waals surface area contributed by atoms with Crippen LogP contribution in [-0.4, -0.2) is 37.0 Å². The third-order valence-corrected chi connectivity index (χ3v) is 6.44. The SMILES string of the molecule is O=C(NCc1ccccc1CN1CCN(c2ccccc2)CC1)c1cc(Br)ccc1Cl. The lowest BCUT2D eigenvalue weighted by atomic mass is 10.1. The highest BCUT2D eigenvalue weighted by atomic mass is 79.9. The third-order valence-electron chi connectivity index (χ3n) is 5.62. The molecule has 4 nitrogen and oxygen atoms in total. The van der Waals surface area contributed by atoms with Crippen molar-refractivity contribution in [1.82, 2.24) is 10.2 Å². The van der Waals surface area contributed by atoms with E-state index in [1.165, 1.54) is 11.3 Å². The predicted molar refractivity (Wildman–Crippen MR) is 131 cm³/mol. The summed E-state index contributed by atoms with van der Waals surface area (Å²) < 4.78 is 0.831. The molecule has 3 aromatic carbocycles. The summed E-state index contributed by atoms with van der Waals surface area (Å²) in [6.45, 7) is 5.43. The molecule has 0 saturated carbocycles. The number of halogens is 2. The summed E-state index contributed by atoms with van der Waals surface area (Å²) in [5.74, 6) is -0.169. The summed E-state index contributed by atoms with van der Waals surface area (Å²) in [7, 11) is 0. The molecule has 3 aromatic rings. The molecule has 6 heteroatoms. The van der Waals surface area contributed by atoms with Crippen molar-refractivity contribution in [2.24, 2.45) is 0 Å². The van der Waals surface area contributed by atoms with Crippen LogP contribution < -0.4 is 10.2 Å². The number of amides is 1. The maximum Gasteiger partial charge on any atom is 0.253 e. The number of carbonyl (C=O) groups excluding carboxylic acids is 1. The Bertz CT molecular complexity index is 1040. The normalized spacial score (nSPS) is 14.5. The highest BCUT2D eigenvalue weighted by molar-refractivity contribution is 9.10. The van der Waals surface area contributed by atoms with E-state index < -0.39 is 0 Å². The van der Waals surface area contributed by atoms with Crippen molar-refractivity contribution in [1.29, 1.82) is 0 Å². The highest BCUT2D eigenvalue weighted by Gasteiger charge is 2.18. The van der Waals surface area contributed by atoms with E-state index in [0.29, 0.717) is 17.1 Å². The predicted octanol–water partition coefficient (Wildman–Crippen LogP) is 5.35. The maximum absolute atomic E-state index is 12.6. The number of nitrogens with zero attached hydrogens (tertiary/aromatic N) is 2. The Hall–Kier alpha value is -2.34. The Balaban J connectivity index is 1.36. The van der Waals surface area contributed by atoms with Gasteiger partial charge in [-0.05, 0) is 41.5 Å². The van der Waals surface area contributed by atoms with Crippen LogP contribution in [0.1, 0.15) is 21.5 Å². The first-order chi connectivity index (χ1) is 15.1. The first-order valence-corrected chi connectivity index (χ1v) is 11.6. The second-order valence-electron chi connectivity index (χ2n) is 7.67. The fourth-order valence-corrected chi connectivity index (χ4v) is 4.43. The van der Waals surface area contributed by atoms with Crippen LogP contribution in [-0.2, 0) is 13.1 Å². The molecule has 4 rings (SSSR count). The summed E-state index contributed by atoms with van der Waals surface area (Å²) in [5.41, 5.74) is 4.14. The van der Waals surface area contributed by atoms with E-state index in [2.05, 4.69) is 79.6 Å². The summed E-state index contributed by atoms with van der Waals surface area (Å²) in [5, 5.41) is 3.47. The Morgan fingerprint density at radius 2 is 1.58 bits per heavy atom. The van der Waals surface area contributed by atoms with Gasteiger partial charge in [-0.25, -0.2) is 0 Å². The number of carbonyl (C=O) groups is 1. The fourth-order valence-electron chi connectivity index (χ4n) is 3.87. The van der Waals surface area contributed by atoms with E-state index in [9.17, 15) is 4.79 Å². The highest BCUT2D eigenvalue weighted by Crippen LogP contribution is 2.22. The van der Waals surface area contributed by atoms with Crippen molar-refractivity contribution in [3.63, 3.8) is 0 Å². The average Bonchev–Trinajstić information content (AvgIpc) is 2.81. The number of benzene rings is 3. The molecule has 1 fully saturated rings. The summed E-state index contributed by atoms with van der Waals surface area (Å²) in [6.07, 6.45) is 0. The number of nitrogens with one attached hydrogen (secondary N) is 1. The molecule has 1 saturated heterocycles. The van der Waals surface area contributed by atoms with Gasteiger partial charge in [0.15, 0.2) is 0 Å². The molecule has 1 aliphatic rings. The molecule has 160 valence electrons. The van der Waals surface area contributed by atoms with Gasteiger partial charge in [0, 0.05) is 49.4 Å². The van der Waals surface area contributed by atoms with Crippen LogP contribution in [0.2, 0.25) is 5.02 Å². The Labute approximate surface area is 196 Å². The van der Waals surface area contributed by atoms with Crippen LogP contribution in [0.4, 0.5) is 5.69 Å². The van der Waals surface area contributed by atoms with Crippen LogP contribution in [0, 0.1) is 0 Å². The topological polar surface area (TPSA) is 35.6 Å². The van der Waals surface area contributed by atoms with Gasteiger partial charge < -0.3 is 10.2 Å². The lowest BCUT2D eigenvalue weighted by Crippen LogP contribution is -2.46. The fraction of sp³-hybridized carbons (Fsp3) is 0.240. The van der Waals surface area contributed by atoms with E-state index in [1.807, 2.05) is 12.1 Å². The monoisotopic (exact) mass is 497 g/mol. The first-order valence-electron chi connectivity index (χ1n) is 10.4. The number of hydrogen-bond acceptors (Lipinski definition) is 3. The van der Waals surface area contributed by atoms with Gasteiger partial charge >= 0.3 is 0 Å². The zero-order chi connectivity index (χ0) is 21.6. The number of para-hydroxylation sites is 1. The van der Waals surface area contributed by atoms with Crippen molar-refractivity contribution >= 4 is 39.1 Å². The van der Waals surface area contributed by atoms with E-state index in [4.69, 9.17) is 11.6 Å². The van der Waals surface area contributed by atoms with E-state index in [-0.39, 0.29) is 5.91 Å². The van der Waals surface area contributed by atoms with Crippen LogP contribution in [0.3, 0.4) is 0 Å². The molecule has 0 atom stereocenters. The smallest absolute Gasteiger partial charge is 0.253 e. The zero-order valence-corrected chi connectivity index (χ0v) is 19.6. The molecule has 31 heavy (non-hydrogen) atoms. The molecule has 0 aliphatic carbocycles. The molecule has 0 aromatic heterocycles. The van der Waals surface area contributed by atoms with Crippen molar-refractivity contribution < 1.29 is 4.79 Å².